The summed E-state index contributed by atoms with van der Waals surface area (Å²) in [5.74, 6) is 2.44. The summed E-state index contributed by atoms with van der Waals surface area (Å²) in [6.07, 6.45) is 0. The number of halogens is 2. The lowest BCUT2D eigenvalue weighted by molar-refractivity contribution is 0.478. The molecule has 0 aromatic heterocycles. The highest BCUT2D eigenvalue weighted by atomic mass is 35.5. The maximum Gasteiger partial charge on any atom is 0.131 e. The maximum absolute atomic E-state index is 5.94. The zero-order valence-corrected chi connectivity index (χ0v) is 12.5. The van der Waals surface area contributed by atoms with Crippen LogP contribution in [0.1, 0.15) is 30.9 Å². The first-order valence-electron chi connectivity index (χ1n) is 6.22. The van der Waals surface area contributed by atoms with Gasteiger partial charge in [0.1, 0.15) is 11.5 Å². The average molecular weight is 295 g/mol. The van der Waals surface area contributed by atoms with Crippen molar-refractivity contribution in [3.05, 3.63) is 58.6 Å². The Bertz CT molecular complexity index is 547. The molecule has 0 amide bonds. The highest BCUT2D eigenvalue weighted by molar-refractivity contribution is 6.30. The van der Waals surface area contributed by atoms with Crippen molar-refractivity contribution in [2.75, 3.05) is 0 Å². The smallest absolute Gasteiger partial charge is 0.131 e. The molecule has 0 saturated heterocycles. The summed E-state index contributed by atoms with van der Waals surface area (Å²) in [6, 6.07) is 13.6. The van der Waals surface area contributed by atoms with Gasteiger partial charge in [-0.25, -0.2) is 0 Å². The molecule has 0 aliphatic heterocycles. The molecule has 100 valence electrons. The number of alkyl halides is 1. The van der Waals surface area contributed by atoms with E-state index >= 15 is 0 Å². The molecule has 2 aromatic carbocycles. The topological polar surface area (TPSA) is 9.23 Å². The Morgan fingerprint density at radius 2 is 1.74 bits per heavy atom. The van der Waals surface area contributed by atoms with Gasteiger partial charge in [-0.1, -0.05) is 37.6 Å². The summed E-state index contributed by atoms with van der Waals surface area (Å²) in [5.41, 5.74) is 2.18. The summed E-state index contributed by atoms with van der Waals surface area (Å²) in [6.45, 7) is 4.33. The second kappa shape index (κ2) is 6.31. The molecule has 0 unspecified atom stereocenters. The van der Waals surface area contributed by atoms with Crippen molar-refractivity contribution in [1.82, 2.24) is 0 Å². The van der Waals surface area contributed by atoms with E-state index in [0.717, 1.165) is 17.1 Å². The molecule has 0 atom stereocenters. The van der Waals surface area contributed by atoms with Gasteiger partial charge in [0.15, 0.2) is 0 Å². The predicted octanol–water partition coefficient (Wildman–Crippen LogP) is 5.99. The lowest BCUT2D eigenvalue weighted by Gasteiger charge is -2.11. The third kappa shape index (κ3) is 3.65. The molecule has 2 aromatic rings. The molecular weight excluding hydrogens is 279 g/mol. The zero-order chi connectivity index (χ0) is 13.8. The predicted molar refractivity (Wildman–Crippen MR) is 81.6 cm³/mol. The Balaban J connectivity index is 2.21. The summed E-state index contributed by atoms with van der Waals surface area (Å²) in [7, 11) is 0. The van der Waals surface area contributed by atoms with Crippen LogP contribution >= 0.6 is 23.2 Å². The van der Waals surface area contributed by atoms with Crippen molar-refractivity contribution in [2.24, 2.45) is 0 Å². The highest BCUT2D eigenvalue weighted by Crippen LogP contribution is 2.29. The molecule has 0 heterocycles. The first-order valence-corrected chi connectivity index (χ1v) is 7.13. The van der Waals surface area contributed by atoms with Crippen LogP contribution in [0.2, 0.25) is 5.02 Å². The third-order valence-corrected chi connectivity index (χ3v) is 3.46. The molecule has 0 saturated carbocycles. The maximum atomic E-state index is 5.94. The van der Waals surface area contributed by atoms with Crippen LogP contribution in [-0.2, 0) is 5.88 Å². The number of ether oxygens (including phenoxy) is 1. The second-order valence-corrected chi connectivity index (χ2v) is 5.42. The molecule has 1 nitrogen and oxygen atoms in total. The van der Waals surface area contributed by atoms with Gasteiger partial charge < -0.3 is 4.74 Å². The fourth-order valence-corrected chi connectivity index (χ4v) is 2.20. The van der Waals surface area contributed by atoms with Crippen LogP contribution in [0.15, 0.2) is 42.5 Å². The van der Waals surface area contributed by atoms with Crippen LogP contribution in [0.4, 0.5) is 0 Å². The highest BCUT2D eigenvalue weighted by Gasteiger charge is 2.06. The van der Waals surface area contributed by atoms with Crippen LogP contribution in [0.5, 0.6) is 11.5 Å². The fourth-order valence-electron chi connectivity index (χ4n) is 1.80. The van der Waals surface area contributed by atoms with Crippen molar-refractivity contribution in [1.29, 1.82) is 0 Å². The molecule has 0 spiro atoms. The molecule has 0 fully saturated rings. The minimum absolute atomic E-state index is 0.375. The van der Waals surface area contributed by atoms with Crippen molar-refractivity contribution in [2.45, 2.75) is 25.6 Å². The Morgan fingerprint density at radius 1 is 1.05 bits per heavy atom. The summed E-state index contributed by atoms with van der Waals surface area (Å²) in [5, 5.41) is 0.665. The number of hydrogen-bond donors (Lipinski definition) is 0. The minimum atomic E-state index is 0.375. The van der Waals surface area contributed by atoms with E-state index in [1.54, 1.807) is 6.07 Å². The molecule has 19 heavy (non-hydrogen) atoms. The van der Waals surface area contributed by atoms with Crippen LogP contribution in [0.25, 0.3) is 0 Å². The first-order chi connectivity index (χ1) is 9.10. The quantitative estimate of drug-likeness (QED) is 0.629. The van der Waals surface area contributed by atoms with Gasteiger partial charge in [0.25, 0.3) is 0 Å². The van der Waals surface area contributed by atoms with Crippen LogP contribution in [-0.4, -0.2) is 0 Å². The van der Waals surface area contributed by atoms with E-state index in [2.05, 4.69) is 26.0 Å². The molecule has 0 N–H and O–H groups in total. The Labute approximate surface area is 124 Å². The molecule has 3 heteroatoms. The second-order valence-electron chi connectivity index (χ2n) is 4.71. The van der Waals surface area contributed by atoms with Crippen molar-refractivity contribution in [3.63, 3.8) is 0 Å². The van der Waals surface area contributed by atoms with E-state index in [1.165, 1.54) is 5.56 Å². The molecule has 0 aliphatic carbocycles. The van der Waals surface area contributed by atoms with Crippen LogP contribution in [0.3, 0.4) is 0 Å². The van der Waals surface area contributed by atoms with E-state index in [0.29, 0.717) is 16.8 Å². The molecule has 0 aliphatic rings. The van der Waals surface area contributed by atoms with Gasteiger partial charge in [-0.3, -0.25) is 0 Å². The van der Waals surface area contributed by atoms with Gasteiger partial charge in [0.2, 0.25) is 0 Å². The lowest BCUT2D eigenvalue weighted by atomic mass is 10.0. The van der Waals surface area contributed by atoms with Gasteiger partial charge in [0.05, 0.1) is 5.88 Å². The van der Waals surface area contributed by atoms with Gasteiger partial charge in [-0.2, -0.15) is 0 Å². The Kier molecular flexibility index (Phi) is 4.73. The Morgan fingerprint density at radius 3 is 2.32 bits per heavy atom. The fraction of sp³-hybridized carbons (Fsp3) is 0.250. The van der Waals surface area contributed by atoms with Crippen LogP contribution in [0, 0.1) is 0 Å². The van der Waals surface area contributed by atoms with Gasteiger partial charge in [-0.15, -0.1) is 11.6 Å². The van der Waals surface area contributed by atoms with E-state index < -0.39 is 0 Å². The normalized spacial score (nSPS) is 10.8. The lowest BCUT2D eigenvalue weighted by Crippen LogP contribution is -1.91. The van der Waals surface area contributed by atoms with Gasteiger partial charge >= 0.3 is 0 Å². The number of benzene rings is 2. The van der Waals surface area contributed by atoms with E-state index in [9.17, 15) is 0 Å². The number of rotatable bonds is 4. The van der Waals surface area contributed by atoms with Gasteiger partial charge in [0, 0.05) is 10.6 Å². The number of hydrogen-bond acceptors (Lipinski definition) is 1. The van der Waals surface area contributed by atoms with Crippen molar-refractivity contribution >= 4 is 23.2 Å². The van der Waals surface area contributed by atoms with Gasteiger partial charge in [-0.05, 0) is 41.8 Å². The zero-order valence-electron chi connectivity index (χ0n) is 11.0. The van der Waals surface area contributed by atoms with Crippen LogP contribution < -0.4 is 4.74 Å². The molecular formula is C16H16Cl2O. The summed E-state index contributed by atoms with van der Waals surface area (Å²) < 4.78 is 5.85. The minimum Gasteiger partial charge on any atom is -0.457 e. The first kappa shape index (κ1) is 14.2. The van der Waals surface area contributed by atoms with E-state index in [-0.39, 0.29) is 0 Å². The van der Waals surface area contributed by atoms with E-state index in [1.807, 2.05) is 24.3 Å². The molecule has 2 rings (SSSR count). The Hall–Kier alpha value is -1.18. The van der Waals surface area contributed by atoms with E-state index in [4.69, 9.17) is 27.9 Å². The monoisotopic (exact) mass is 294 g/mol. The largest absolute Gasteiger partial charge is 0.457 e. The SMILES string of the molecule is CC(C)c1ccc(Oc2ccc(Cl)cc2CCl)cc1. The molecule has 0 bridgehead atoms. The summed E-state index contributed by atoms with van der Waals surface area (Å²) in [4.78, 5) is 0. The third-order valence-electron chi connectivity index (χ3n) is 2.94. The average Bonchev–Trinajstić information content (AvgIpc) is 2.41. The standard InChI is InChI=1S/C16H16Cl2O/c1-11(2)12-3-6-15(7-4-12)19-16-8-5-14(18)9-13(16)10-17/h3-9,11H,10H2,1-2H3. The van der Waals surface area contributed by atoms with Crippen molar-refractivity contribution in [3.8, 4) is 11.5 Å². The van der Waals surface area contributed by atoms with Crippen molar-refractivity contribution < 1.29 is 4.74 Å². The summed E-state index contributed by atoms with van der Waals surface area (Å²) >= 11 is 11.8. The molecule has 0 radical (unpaired) electrons.